The van der Waals surface area contributed by atoms with E-state index < -0.39 is 0 Å². The van der Waals surface area contributed by atoms with Gasteiger partial charge in [0.15, 0.2) is 0 Å². The lowest BCUT2D eigenvalue weighted by Crippen LogP contribution is -2.10. The largest absolute Gasteiger partial charge is 0.310 e. The highest BCUT2D eigenvalue weighted by Gasteiger charge is 2.18. The van der Waals surface area contributed by atoms with Crippen LogP contribution in [0.2, 0.25) is 0 Å². The van der Waals surface area contributed by atoms with Crippen LogP contribution in [0.4, 0.5) is 17.1 Å². The molecule has 0 unspecified atom stereocenters. The van der Waals surface area contributed by atoms with E-state index in [4.69, 9.17) is 0 Å². The maximum absolute atomic E-state index is 2.42. The summed E-state index contributed by atoms with van der Waals surface area (Å²) in [6, 6.07) is 87.8. The van der Waals surface area contributed by atoms with Crippen LogP contribution >= 0.6 is 0 Å². The van der Waals surface area contributed by atoms with Gasteiger partial charge in [-0.2, -0.15) is 0 Å². The molecule has 0 spiro atoms. The molecule has 0 saturated heterocycles. The van der Waals surface area contributed by atoms with Gasteiger partial charge >= 0.3 is 0 Å². The average Bonchev–Trinajstić information content (AvgIpc) is 3.68. The Kier molecular flexibility index (Phi) is 8.87. The first-order chi connectivity index (χ1) is 29.8. The van der Waals surface area contributed by atoms with E-state index >= 15 is 0 Å². The smallest absolute Gasteiger partial charge is 0.0619 e. The van der Waals surface area contributed by atoms with E-state index in [1.165, 1.54) is 77.1 Å². The molecule has 0 N–H and O–H groups in total. The molecule has 2 nitrogen and oxygen atoms in total. The topological polar surface area (TPSA) is 8.17 Å². The van der Waals surface area contributed by atoms with Crippen molar-refractivity contribution in [2.45, 2.75) is 0 Å². The highest BCUT2D eigenvalue weighted by molar-refractivity contribution is 6.18. The SMILES string of the molecule is c1ccc(-c2ccc(N(c3ccc(-c4ccc(-n5c6ccccc6c6ccc7ccccc7c65)cc4)cc3)c3ccc(-c4ccccc4)c(-c4ccccc4)c3)cc2)cc1. The van der Waals surface area contributed by atoms with Crippen LogP contribution < -0.4 is 4.90 Å². The van der Waals surface area contributed by atoms with Crippen molar-refractivity contribution in [3.63, 3.8) is 0 Å². The molecule has 0 aliphatic heterocycles. The Bertz CT molecular complexity index is 3260. The second-order valence-electron chi connectivity index (χ2n) is 15.3. The van der Waals surface area contributed by atoms with Crippen molar-refractivity contribution in [3.05, 3.63) is 243 Å². The van der Waals surface area contributed by atoms with E-state index in [0.29, 0.717) is 0 Å². The summed E-state index contributed by atoms with van der Waals surface area (Å²) < 4.78 is 2.42. The maximum atomic E-state index is 2.42. The van der Waals surface area contributed by atoms with Crippen LogP contribution in [0.5, 0.6) is 0 Å². The van der Waals surface area contributed by atoms with Crippen molar-refractivity contribution in [1.82, 2.24) is 4.57 Å². The van der Waals surface area contributed by atoms with Gasteiger partial charge in [-0.1, -0.05) is 188 Å². The third-order valence-electron chi connectivity index (χ3n) is 11.8. The molecule has 11 aromatic rings. The fourth-order valence-electron chi connectivity index (χ4n) is 8.88. The Hall–Kier alpha value is -7.94. The number of rotatable bonds is 8. The second kappa shape index (κ2) is 15.1. The van der Waals surface area contributed by atoms with Crippen molar-refractivity contribution in [2.75, 3.05) is 4.90 Å². The first-order valence-corrected chi connectivity index (χ1v) is 20.6. The van der Waals surface area contributed by atoms with Gasteiger partial charge in [0, 0.05) is 38.9 Å². The van der Waals surface area contributed by atoms with E-state index in [-0.39, 0.29) is 0 Å². The zero-order valence-electron chi connectivity index (χ0n) is 33.0. The molecule has 60 heavy (non-hydrogen) atoms. The molecule has 0 aliphatic carbocycles. The van der Waals surface area contributed by atoms with E-state index in [2.05, 4.69) is 252 Å². The number of hydrogen-bond acceptors (Lipinski definition) is 1. The second-order valence-corrected chi connectivity index (χ2v) is 15.3. The van der Waals surface area contributed by atoms with E-state index in [1.807, 2.05) is 0 Å². The molecule has 0 radical (unpaired) electrons. The van der Waals surface area contributed by atoms with Gasteiger partial charge < -0.3 is 9.47 Å². The van der Waals surface area contributed by atoms with Gasteiger partial charge in [0.25, 0.3) is 0 Å². The Labute approximate surface area is 350 Å². The van der Waals surface area contributed by atoms with E-state index in [9.17, 15) is 0 Å². The van der Waals surface area contributed by atoms with Crippen LogP contribution in [0.25, 0.3) is 82.8 Å². The number of anilines is 3. The minimum Gasteiger partial charge on any atom is -0.310 e. The molecule has 11 rings (SSSR count). The van der Waals surface area contributed by atoms with Crippen LogP contribution in [0, 0.1) is 0 Å². The zero-order chi connectivity index (χ0) is 39.8. The van der Waals surface area contributed by atoms with Gasteiger partial charge in [-0.15, -0.1) is 0 Å². The number of hydrogen-bond donors (Lipinski definition) is 0. The van der Waals surface area contributed by atoms with Crippen molar-refractivity contribution in [2.24, 2.45) is 0 Å². The van der Waals surface area contributed by atoms with Crippen molar-refractivity contribution >= 4 is 49.6 Å². The van der Waals surface area contributed by atoms with Gasteiger partial charge in [-0.25, -0.2) is 0 Å². The summed E-state index contributed by atoms with van der Waals surface area (Å²) in [5, 5.41) is 5.04. The maximum Gasteiger partial charge on any atom is 0.0619 e. The summed E-state index contributed by atoms with van der Waals surface area (Å²) in [6.45, 7) is 0. The number of aromatic nitrogens is 1. The van der Waals surface area contributed by atoms with Crippen molar-refractivity contribution < 1.29 is 0 Å². The highest BCUT2D eigenvalue weighted by Crippen LogP contribution is 2.42. The molecule has 282 valence electrons. The Morgan fingerprint density at radius 3 is 1.37 bits per heavy atom. The van der Waals surface area contributed by atoms with Gasteiger partial charge in [0.1, 0.15) is 0 Å². The van der Waals surface area contributed by atoms with Gasteiger partial charge in [0.05, 0.1) is 11.0 Å². The normalized spacial score (nSPS) is 11.3. The summed E-state index contributed by atoms with van der Waals surface area (Å²) in [5.41, 5.74) is 16.4. The predicted octanol–water partition coefficient (Wildman–Crippen LogP) is 16.1. The summed E-state index contributed by atoms with van der Waals surface area (Å²) in [7, 11) is 0. The number of benzene rings is 10. The number of fused-ring (bicyclic) bond motifs is 5. The fraction of sp³-hybridized carbons (Fsp3) is 0. The van der Waals surface area contributed by atoms with Crippen LogP contribution in [0.1, 0.15) is 0 Å². The highest BCUT2D eigenvalue weighted by atomic mass is 15.1. The van der Waals surface area contributed by atoms with Crippen LogP contribution in [0.15, 0.2) is 243 Å². The molecule has 0 atom stereocenters. The molecule has 0 saturated carbocycles. The standard InChI is InChI=1S/C58H40N2/c1-4-14-41(15-5-1)42-24-31-48(32-25-42)59(51-37-39-52(45-16-6-2-7-17-45)56(40-51)46-18-8-3-9-19-46)49-33-26-43(27-34-49)44-28-35-50(36-29-44)60-57-23-13-12-22-54(57)55-38-30-47-20-10-11-21-53(47)58(55)60/h1-40H. The first kappa shape index (κ1) is 35.2. The molecule has 0 fully saturated rings. The molecule has 0 aliphatic rings. The molecule has 2 heteroatoms. The Morgan fingerprint density at radius 2 is 0.750 bits per heavy atom. The van der Waals surface area contributed by atoms with Gasteiger partial charge in [-0.3, -0.25) is 0 Å². The molecule has 0 bridgehead atoms. The minimum atomic E-state index is 1.09. The predicted molar refractivity (Wildman–Crippen MR) is 255 cm³/mol. The molecular formula is C58H40N2. The average molecular weight is 765 g/mol. The monoisotopic (exact) mass is 764 g/mol. The lowest BCUT2D eigenvalue weighted by atomic mass is 9.93. The summed E-state index contributed by atoms with van der Waals surface area (Å²) in [4.78, 5) is 2.37. The summed E-state index contributed by atoms with van der Waals surface area (Å²) in [6.07, 6.45) is 0. The molecule has 1 aromatic heterocycles. The summed E-state index contributed by atoms with van der Waals surface area (Å²) in [5.74, 6) is 0. The molecule has 0 amide bonds. The zero-order valence-corrected chi connectivity index (χ0v) is 33.0. The molecular weight excluding hydrogens is 725 g/mol. The molecule has 1 heterocycles. The Morgan fingerprint density at radius 1 is 0.283 bits per heavy atom. The van der Waals surface area contributed by atoms with Gasteiger partial charge in [-0.05, 0) is 104 Å². The third-order valence-corrected chi connectivity index (χ3v) is 11.8. The lowest BCUT2D eigenvalue weighted by Gasteiger charge is -2.27. The van der Waals surface area contributed by atoms with Crippen LogP contribution in [-0.2, 0) is 0 Å². The Balaban J connectivity index is 0.992. The van der Waals surface area contributed by atoms with E-state index in [1.54, 1.807) is 0 Å². The minimum absolute atomic E-state index is 1.09. The fourth-order valence-corrected chi connectivity index (χ4v) is 8.88. The van der Waals surface area contributed by atoms with Crippen molar-refractivity contribution in [1.29, 1.82) is 0 Å². The summed E-state index contributed by atoms with van der Waals surface area (Å²) >= 11 is 0. The number of nitrogens with zero attached hydrogens (tertiary/aromatic N) is 2. The van der Waals surface area contributed by atoms with E-state index in [0.717, 1.165) is 22.7 Å². The van der Waals surface area contributed by atoms with Gasteiger partial charge in [0.2, 0.25) is 0 Å². The lowest BCUT2D eigenvalue weighted by molar-refractivity contribution is 1.19. The third kappa shape index (κ3) is 6.32. The van der Waals surface area contributed by atoms with Crippen LogP contribution in [0.3, 0.4) is 0 Å². The van der Waals surface area contributed by atoms with Crippen molar-refractivity contribution in [3.8, 4) is 50.2 Å². The quantitative estimate of drug-likeness (QED) is 0.150. The first-order valence-electron chi connectivity index (χ1n) is 20.6. The number of para-hydroxylation sites is 1. The van der Waals surface area contributed by atoms with Crippen LogP contribution in [-0.4, -0.2) is 4.57 Å². The molecule has 10 aromatic carbocycles.